The Balaban J connectivity index is 1.74. The normalized spacial score (nSPS) is 11.2. The number of hydrogen-bond acceptors (Lipinski definition) is 3. The van der Waals surface area contributed by atoms with Crippen molar-refractivity contribution in [1.29, 1.82) is 0 Å². The summed E-state index contributed by atoms with van der Waals surface area (Å²) < 4.78 is 2.10. The molecule has 6 nitrogen and oxygen atoms in total. The molecule has 0 unspecified atom stereocenters. The second-order valence-electron chi connectivity index (χ2n) is 8.01. The Morgan fingerprint density at radius 1 is 1.12 bits per heavy atom. The maximum atomic E-state index is 13.0. The van der Waals surface area contributed by atoms with E-state index < -0.39 is 4.92 Å². The van der Waals surface area contributed by atoms with E-state index in [0.717, 1.165) is 16.8 Å². The Labute approximate surface area is 192 Å². The van der Waals surface area contributed by atoms with Crippen LogP contribution in [0.4, 0.5) is 5.69 Å². The quantitative estimate of drug-likeness (QED) is 0.234. The first-order valence-electron chi connectivity index (χ1n) is 10.4. The van der Waals surface area contributed by atoms with E-state index in [0.29, 0.717) is 30.6 Å². The summed E-state index contributed by atoms with van der Waals surface area (Å²) in [5, 5.41) is 11.5. The molecule has 0 radical (unpaired) electrons. The SMILES string of the molecule is CC(C)CN(Cc1cccn1Cc1ccccc1Cl)C(=O)C=Cc1ccc([N+](=O)[O-])cc1. The van der Waals surface area contributed by atoms with Gasteiger partial charge in [-0.1, -0.05) is 43.6 Å². The van der Waals surface area contributed by atoms with E-state index in [1.54, 1.807) is 18.2 Å². The molecule has 0 aliphatic rings. The minimum Gasteiger partial charge on any atom is -0.345 e. The molecule has 3 aromatic rings. The maximum absolute atomic E-state index is 13.0. The maximum Gasteiger partial charge on any atom is 0.269 e. The fourth-order valence-electron chi connectivity index (χ4n) is 3.41. The molecule has 0 fully saturated rings. The van der Waals surface area contributed by atoms with Crippen molar-refractivity contribution in [2.24, 2.45) is 5.92 Å². The summed E-state index contributed by atoms with van der Waals surface area (Å²) in [5.41, 5.74) is 2.79. The van der Waals surface area contributed by atoms with E-state index >= 15 is 0 Å². The van der Waals surface area contributed by atoms with Gasteiger partial charge in [-0.05, 0) is 53.5 Å². The Kier molecular flexibility index (Phi) is 7.84. The van der Waals surface area contributed by atoms with Crippen molar-refractivity contribution in [3.63, 3.8) is 0 Å². The van der Waals surface area contributed by atoms with Crippen LogP contribution in [-0.4, -0.2) is 26.8 Å². The number of aromatic nitrogens is 1. The molecule has 0 bridgehead atoms. The van der Waals surface area contributed by atoms with Gasteiger partial charge in [-0.3, -0.25) is 14.9 Å². The minimum atomic E-state index is -0.444. The van der Waals surface area contributed by atoms with E-state index in [9.17, 15) is 14.9 Å². The molecule has 3 rings (SSSR count). The van der Waals surface area contributed by atoms with Crippen molar-refractivity contribution >= 4 is 29.3 Å². The fourth-order valence-corrected chi connectivity index (χ4v) is 3.60. The Morgan fingerprint density at radius 2 is 1.84 bits per heavy atom. The van der Waals surface area contributed by atoms with E-state index in [2.05, 4.69) is 18.4 Å². The van der Waals surface area contributed by atoms with Gasteiger partial charge in [0.15, 0.2) is 0 Å². The van der Waals surface area contributed by atoms with Crippen molar-refractivity contribution < 1.29 is 9.72 Å². The summed E-state index contributed by atoms with van der Waals surface area (Å²) in [6, 6.07) is 17.8. The van der Waals surface area contributed by atoms with Gasteiger partial charge in [0.2, 0.25) is 5.91 Å². The van der Waals surface area contributed by atoms with Gasteiger partial charge in [0.25, 0.3) is 5.69 Å². The van der Waals surface area contributed by atoms with Gasteiger partial charge in [0, 0.05) is 48.2 Å². The number of carbonyl (C=O) groups is 1. The molecule has 166 valence electrons. The molecule has 0 atom stereocenters. The summed E-state index contributed by atoms with van der Waals surface area (Å²) in [5.74, 6) is 0.196. The number of nitrogens with zero attached hydrogens (tertiary/aromatic N) is 3. The molecule has 2 aromatic carbocycles. The molecule has 0 spiro atoms. The van der Waals surface area contributed by atoms with Crippen LogP contribution in [0, 0.1) is 16.0 Å². The molecule has 32 heavy (non-hydrogen) atoms. The molecule has 7 heteroatoms. The first-order chi connectivity index (χ1) is 15.3. The number of halogens is 1. The fraction of sp³-hybridized carbons (Fsp3) is 0.240. The summed E-state index contributed by atoms with van der Waals surface area (Å²) in [4.78, 5) is 25.1. The molecular formula is C25H26ClN3O3. The number of amides is 1. The lowest BCUT2D eigenvalue weighted by Crippen LogP contribution is -2.33. The largest absolute Gasteiger partial charge is 0.345 e. The van der Waals surface area contributed by atoms with Crippen LogP contribution in [0.3, 0.4) is 0 Å². The van der Waals surface area contributed by atoms with Crippen molar-refractivity contribution in [3.8, 4) is 0 Å². The van der Waals surface area contributed by atoms with Gasteiger partial charge in [-0.25, -0.2) is 0 Å². The summed E-state index contributed by atoms with van der Waals surface area (Å²) >= 11 is 6.32. The number of nitro groups is 1. The average molecular weight is 452 g/mol. The average Bonchev–Trinajstić information content (AvgIpc) is 3.19. The van der Waals surface area contributed by atoms with Crippen molar-refractivity contribution in [1.82, 2.24) is 9.47 Å². The molecular weight excluding hydrogens is 426 g/mol. The van der Waals surface area contributed by atoms with Crippen LogP contribution < -0.4 is 0 Å². The highest BCUT2D eigenvalue weighted by Gasteiger charge is 2.15. The molecule has 1 heterocycles. The third kappa shape index (κ3) is 6.31. The Hall–Kier alpha value is -3.38. The van der Waals surface area contributed by atoms with Gasteiger partial charge < -0.3 is 9.47 Å². The highest BCUT2D eigenvalue weighted by molar-refractivity contribution is 6.31. The van der Waals surface area contributed by atoms with Gasteiger partial charge in [-0.2, -0.15) is 0 Å². The zero-order valence-electron chi connectivity index (χ0n) is 18.1. The van der Waals surface area contributed by atoms with Crippen LogP contribution in [0.15, 0.2) is 72.9 Å². The molecule has 0 saturated heterocycles. The van der Waals surface area contributed by atoms with Crippen molar-refractivity contribution in [2.75, 3.05) is 6.54 Å². The number of hydrogen-bond donors (Lipinski definition) is 0. The number of nitro benzene ring substituents is 1. The standard InChI is InChI=1S/C25H26ClN3O3/c1-19(2)16-28(25(30)14-11-20-9-12-22(13-10-20)29(31)32)18-23-7-5-15-27(23)17-21-6-3-4-8-24(21)26/h3-15,19H,16-18H2,1-2H3. The molecule has 0 N–H and O–H groups in total. The molecule has 1 amide bonds. The van der Waals surface area contributed by atoms with Crippen LogP contribution in [0.1, 0.15) is 30.7 Å². The van der Waals surface area contributed by atoms with Crippen molar-refractivity contribution in [3.05, 3.63) is 105 Å². The lowest BCUT2D eigenvalue weighted by atomic mass is 10.1. The van der Waals surface area contributed by atoms with E-state index in [1.165, 1.54) is 18.2 Å². The third-order valence-electron chi connectivity index (χ3n) is 4.99. The second-order valence-corrected chi connectivity index (χ2v) is 8.42. The predicted molar refractivity (Wildman–Crippen MR) is 127 cm³/mol. The lowest BCUT2D eigenvalue weighted by Gasteiger charge is -2.24. The topological polar surface area (TPSA) is 68.4 Å². The van der Waals surface area contributed by atoms with Gasteiger partial charge in [0.05, 0.1) is 11.5 Å². The molecule has 0 aliphatic carbocycles. The zero-order chi connectivity index (χ0) is 23.1. The Bertz CT molecular complexity index is 1100. The number of benzene rings is 2. The summed E-state index contributed by atoms with van der Waals surface area (Å²) in [6.45, 7) is 5.86. The number of carbonyl (C=O) groups excluding carboxylic acids is 1. The predicted octanol–water partition coefficient (Wildman–Crippen LogP) is 5.80. The van der Waals surface area contributed by atoms with Crippen molar-refractivity contribution in [2.45, 2.75) is 26.9 Å². The number of rotatable bonds is 9. The third-order valence-corrected chi connectivity index (χ3v) is 5.36. The minimum absolute atomic E-state index is 0.0224. The van der Waals surface area contributed by atoms with Crippen LogP contribution in [0.2, 0.25) is 5.02 Å². The smallest absolute Gasteiger partial charge is 0.269 e. The van der Waals surface area contributed by atoms with Crippen LogP contribution in [0.5, 0.6) is 0 Å². The van der Waals surface area contributed by atoms with Gasteiger partial charge >= 0.3 is 0 Å². The first kappa shape index (κ1) is 23.3. The second kappa shape index (κ2) is 10.8. The van der Waals surface area contributed by atoms with E-state index in [4.69, 9.17) is 11.6 Å². The molecule has 0 aliphatic heterocycles. The van der Waals surface area contributed by atoms with Crippen LogP contribution in [0.25, 0.3) is 6.08 Å². The van der Waals surface area contributed by atoms with Gasteiger partial charge in [-0.15, -0.1) is 0 Å². The first-order valence-corrected chi connectivity index (χ1v) is 10.8. The van der Waals surface area contributed by atoms with Crippen LogP contribution in [-0.2, 0) is 17.9 Å². The highest BCUT2D eigenvalue weighted by Crippen LogP contribution is 2.19. The summed E-state index contributed by atoms with van der Waals surface area (Å²) in [7, 11) is 0. The Morgan fingerprint density at radius 3 is 2.50 bits per heavy atom. The lowest BCUT2D eigenvalue weighted by molar-refractivity contribution is -0.384. The van der Waals surface area contributed by atoms with Gasteiger partial charge in [0.1, 0.15) is 0 Å². The molecule has 1 aromatic heterocycles. The monoisotopic (exact) mass is 451 g/mol. The van der Waals surface area contributed by atoms with Crippen LogP contribution >= 0.6 is 11.6 Å². The summed E-state index contributed by atoms with van der Waals surface area (Å²) in [6.07, 6.45) is 5.19. The number of non-ortho nitro benzene ring substituents is 1. The zero-order valence-corrected chi connectivity index (χ0v) is 18.9. The van der Waals surface area contributed by atoms with E-state index in [-0.39, 0.29) is 11.6 Å². The molecule has 0 saturated carbocycles. The highest BCUT2D eigenvalue weighted by atomic mass is 35.5. The van der Waals surface area contributed by atoms with E-state index in [1.807, 2.05) is 47.5 Å².